The molecule has 2 N–H and O–H groups in total. The zero-order chi connectivity index (χ0) is 16.9. The molecule has 0 saturated carbocycles. The molecule has 3 heterocycles. The van der Waals surface area contributed by atoms with Gasteiger partial charge in [0.15, 0.2) is 11.5 Å². The molecule has 1 amide bonds. The fraction of sp³-hybridized carbons (Fsp3) is 0.529. The number of hydrogen-bond donors (Lipinski definition) is 1. The second-order valence-electron chi connectivity index (χ2n) is 6.67. The molecule has 1 aromatic carbocycles. The van der Waals surface area contributed by atoms with E-state index in [2.05, 4.69) is 20.9 Å². The summed E-state index contributed by atoms with van der Waals surface area (Å²) in [6.07, 6.45) is 2.44. The van der Waals surface area contributed by atoms with E-state index >= 15 is 0 Å². The van der Waals surface area contributed by atoms with Crippen molar-refractivity contribution in [3.8, 4) is 5.75 Å². The van der Waals surface area contributed by atoms with Crippen molar-refractivity contribution in [2.75, 3.05) is 20.3 Å². The summed E-state index contributed by atoms with van der Waals surface area (Å²) in [6.45, 7) is 1.46. The average Bonchev–Trinajstić information content (AvgIpc) is 2.81. The van der Waals surface area contributed by atoms with Crippen molar-refractivity contribution < 1.29 is 14.3 Å². The van der Waals surface area contributed by atoms with Gasteiger partial charge in [0.05, 0.1) is 6.61 Å². The summed E-state index contributed by atoms with van der Waals surface area (Å²) in [6, 6.07) is 5.73. The molecular weight excluding hydrogens is 374 g/mol. The number of carbonyl (C=O) groups excluding carboxylic acids is 1. The van der Waals surface area contributed by atoms with E-state index < -0.39 is 5.54 Å². The SMILES string of the molecule is CN1C(=O)C2(CC(C3CCCOC3)Oc3ccc(Br)cc32)N=C1N. The Morgan fingerprint density at radius 3 is 2.96 bits per heavy atom. The second-order valence-corrected chi connectivity index (χ2v) is 7.59. The van der Waals surface area contributed by atoms with Gasteiger partial charge in [-0.25, -0.2) is 4.99 Å². The van der Waals surface area contributed by atoms with Gasteiger partial charge < -0.3 is 15.2 Å². The molecule has 3 unspecified atom stereocenters. The van der Waals surface area contributed by atoms with Crippen LogP contribution in [0.25, 0.3) is 0 Å². The maximum atomic E-state index is 13.0. The van der Waals surface area contributed by atoms with E-state index in [1.807, 2.05) is 18.2 Å². The highest BCUT2D eigenvalue weighted by Gasteiger charge is 2.54. The molecule has 1 spiro atoms. The van der Waals surface area contributed by atoms with Crippen molar-refractivity contribution in [1.29, 1.82) is 0 Å². The monoisotopic (exact) mass is 393 g/mol. The number of aliphatic imine (C=N–C) groups is 1. The predicted molar refractivity (Wildman–Crippen MR) is 92.8 cm³/mol. The Morgan fingerprint density at radius 1 is 1.46 bits per heavy atom. The Kier molecular flexibility index (Phi) is 3.80. The lowest BCUT2D eigenvalue weighted by Crippen LogP contribution is -2.48. The van der Waals surface area contributed by atoms with E-state index in [9.17, 15) is 4.79 Å². The molecule has 24 heavy (non-hydrogen) atoms. The first-order valence-corrected chi connectivity index (χ1v) is 8.98. The largest absolute Gasteiger partial charge is 0.490 e. The Hall–Kier alpha value is -1.60. The average molecular weight is 394 g/mol. The molecule has 3 aliphatic heterocycles. The van der Waals surface area contributed by atoms with Gasteiger partial charge in [-0.2, -0.15) is 0 Å². The Bertz CT molecular complexity index is 717. The van der Waals surface area contributed by atoms with Crippen LogP contribution in [0.15, 0.2) is 27.7 Å². The first kappa shape index (κ1) is 15.9. The summed E-state index contributed by atoms with van der Waals surface area (Å²) in [5.41, 5.74) is 5.76. The Labute approximate surface area is 149 Å². The summed E-state index contributed by atoms with van der Waals surface area (Å²) < 4.78 is 12.8. The van der Waals surface area contributed by atoms with Crippen LogP contribution in [0.2, 0.25) is 0 Å². The lowest BCUT2D eigenvalue weighted by Gasteiger charge is -2.40. The molecule has 6 nitrogen and oxygen atoms in total. The number of hydrogen-bond acceptors (Lipinski definition) is 5. The summed E-state index contributed by atoms with van der Waals surface area (Å²) >= 11 is 3.48. The van der Waals surface area contributed by atoms with Crippen molar-refractivity contribution in [2.24, 2.45) is 16.6 Å². The third-order valence-corrected chi connectivity index (χ3v) is 5.68. The molecule has 3 atom stereocenters. The highest BCUT2D eigenvalue weighted by molar-refractivity contribution is 9.10. The van der Waals surface area contributed by atoms with E-state index in [-0.39, 0.29) is 23.9 Å². The van der Waals surface area contributed by atoms with E-state index in [0.29, 0.717) is 18.8 Å². The Morgan fingerprint density at radius 2 is 2.29 bits per heavy atom. The quantitative estimate of drug-likeness (QED) is 0.791. The van der Waals surface area contributed by atoms with Crippen LogP contribution in [0.1, 0.15) is 24.8 Å². The second kappa shape index (κ2) is 5.74. The first-order chi connectivity index (χ1) is 11.5. The van der Waals surface area contributed by atoms with Gasteiger partial charge in [0.25, 0.3) is 5.91 Å². The molecule has 1 fully saturated rings. The summed E-state index contributed by atoms with van der Waals surface area (Å²) in [7, 11) is 1.67. The number of ether oxygens (including phenoxy) is 2. The number of nitrogens with two attached hydrogens (primary N) is 1. The van der Waals surface area contributed by atoms with E-state index in [0.717, 1.165) is 29.5 Å². The van der Waals surface area contributed by atoms with Crippen LogP contribution >= 0.6 is 15.9 Å². The molecule has 128 valence electrons. The van der Waals surface area contributed by atoms with Gasteiger partial charge in [-0.1, -0.05) is 15.9 Å². The fourth-order valence-electron chi connectivity index (χ4n) is 3.86. The van der Waals surface area contributed by atoms with Crippen molar-refractivity contribution in [3.05, 3.63) is 28.2 Å². The van der Waals surface area contributed by atoms with Crippen LogP contribution in [-0.4, -0.2) is 43.1 Å². The minimum atomic E-state index is -0.988. The number of halogens is 1. The van der Waals surface area contributed by atoms with Gasteiger partial charge in [-0.05, 0) is 31.0 Å². The number of amides is 1. The molecule has 3 aliphatic rings. The zero-order valence-corrected chi connectivity index (χ0v) is 15.1. The minimum absolute atomic E-state index is 0.0932. The topological polar surface area (TPSA) is 77.2 Å². The minimum Gasteiger partial charge on any atom is -0.490 e. The third-order valence-electron chi connectivity index (χ3n) is 5.19. The fourth-order valence-corrected chi connectivity index (χ4v) is 4.23. The van der Waals surface area contributed by atoms with Gasteiger partial charge in [-0.15, -0.1) is 0 Å². The molecule has 0 aromatic heterocycles. The number of guanidine groups is 1. The molecule has 4 rings (SSSR count). The van der Waals surface area contributed by atoms with Gasteiger partial charge in [0, 0.05) is 36.0 Å². The number of benzene rings is 1. The first-order valence-electron chi connectivity index (χ1n) is 8.19. The highest BCUT2D eigenvalue weighted by atomic mass is 79.9. The molecule has 0 bridgehead atoms. The van der Waals surface area contributed by atoms with Crippen molar-refractivity contribution in [3.63, 3.8) is 0 Å². The summed E-state index contributed by atoms with van der Waals surface area (Å²) in [5.74, 6) is 1.14. The molecule has 1 saturated heterocycles. The maximum absolute atomic E-state index is 13.0. The zero-order valence-electron chi connectivity index (χ0n) is 13.5. The summed E-state index contributed by atoms with van der Waals surface area (Å²) in [4.78, 5) is 19.1. The molecule has 0 radical (unpaired) electrons. The van der Waals surface area contributed by atoms with E-state index in [4.69, 9.17) is 15.2 Å². The van der Waals surface area contributed by atoms with E-state index in [1.165, 1.54) is 4.90 Å². The molecule has 7 heteroatoms. The number of carbonyl (C=O) groups is 1. The van der Waals surface area contributed by atoms with Crippen LogP contribution in [0, 0.1) is 5.92 Å². The maximum Gasteiger partial charge on any atom is 0.261 e. The molecule has 0 aliphatic carbocycles. The van der Waals surface area contributed by atoms with Gasteiger partial charge in [-0.3, -0.25) is 9.69 Å². The lowest BCUT2D eigenvalue weighted by molar-refractivity contribution is -0.133. The van der Waals surface area contributed by atoms with Gasteiger partial charge in [0.2, 0.25) is 0 Å². The number of likely N-dealkylation sites (N-methyl/N-ethyl adjacent to an activating group) is 1. The van der Waals surface area contributed by atoms with Gasteiger partial charge >= 0.3 is 0 Å². The number of fused-ring (bicyclic) bond motifs is 2. The molecule has 1 aromatic rings. The van der Waals surface area contributed by atoms with E-state index in [1.54, 1.807) is 7.05 Å². The molecular formula is C17H20BrN3O3. The van der Waals surface area contributed by atoms with Crippen LogP contribution in [0.4, 0.5) is 0 Å². The normalized spacial score (nSPS) is 32.5. The standard InChI is InChI=1S/C17H20BrN3O3/c1-21-15(22)17(20-16(21)19)8-14(10-3-2-6-23-9-10)24-13-5-4-11(18)7-12(13)17/h4-5,7,10,14H,2-3,6,8-9H2,1H3,(H2,19,20). The van der Waals surface area contributed by atoms with Crippen molar-refractivity contribution >= 4 is 27.8 Å². The van der Waals surface area contributed by atoms with Crippen molar-refractivity contribution in [1.82, 2.24) is 4.90 Å². The predicted octanol–water partition coefficient (Wildman–Crippen LogP) is 2.01. The van der Waals surface area contributed by atoms with Crippen LogP contribution in [-0.2, 0) is 15.1 Å². The third kappa shape index (κ3) is 2.33. The lowest BCUT2D eigenvalue weighted by atomic mass is 9.78. The summed E-state index contributed by atoms with van der Waals surface area (Å²) in [5, 5.41) is 0. The van der Waals surface area contributed by atoms with Crippen LogP contribution in [0.3, 0.4) is 0 Å². The smallest absolute Gasteiger partial charge is 0.261 e. The van der Waals surface area contributed by atoms with Crippen LogP contribution < -0.4 is 10.5 Å². The van der Waals surface area contributed by atoms with Crippen LogP contribution in [0.5, 0.6) is 5.75 Å². The number of rotatable bonds is 1. The highest BCUT2D eigenvalue weighted by Crippen LogP contribution is 2.48. The number of nitrogens with zero attached hydrogens (tertiary/aromatic N) is 2. The van der Waals surface area contributed by atoms with Crippen molar-refractivity contribution in [2.45, 2.75) is 30.9 Å². The van der Waals surface area contributed by atoms with Gasteiger partial charge in [0.1, 0.15) is 11.9 Å². The Balaban J connectivity index is 1.80.